The molecule has 2 aromatic carbocycles. The number of nitrogens with zero attached hydrogens (tertiary/aromatic N) is 2. The zero-order valence-corrected chi connectivity index (χ0v) is 14.8. The Morgan fingerprint density at radius 3 is 2.50 bits per heavy atom. The molecule has 0 bridgehead atoms. The van der Waals surface area contributed by atoms with Gasteiger partial charge in [-0.25, -0.2) is 0 Å². The summed E-state index contributed by atoms with van der Waals surface area (Å²) in [6, 6.07) is 11.0. The molecular weight excluding hydrogens is 376 g/mol. The number of rotatable bonds is 8. The number of benzene rings is 2. The number of likely N-dealkylation sites (N-methyl/N-ethyl adjacent to an activating group) is 1. The fourth-order valence-corrected chi connectivity index (χ4v) is 2.29. The van der Waals surface area contributed by atoms with Crippen LogP contribution in [0, 0.1) is 10.1 Å². The normalized spacial score (nSPS) is 10.4. The summed E-state index contributed by atoms with van der Waals surface area (Å²) in [7, 11) is 1.52. The SMILES string of the molecule is CN(Cc1ccc(OC(F)F)cc1)C(=O)CNC(=O)c1cccc([N+](=O)[O-])c1. The van der Waals surface area contributed by atoms with Crippen molar-refractivity contribution in [2.24, 2.45) is 0 Å². The van der Waals surface area contributed by atoms with E-state index in [1.165, 1.54) is 42.3 Å². The summed E-state index contributed by atoms with van der Waals surface area (Å²) >= 11 is 0. The highest BCUT2D eigenvalue weighted by Gasteiger charge is 2.14. The Balaban J connectivity index is 1.87. The highest BCUT2D eigenvalue weighted by Crippen LogP contribution is 2.16. The molecule has 2 amide bonds. The van der Waals surface area contributed by atoms with Gasteiger partial charge in [0.05, 0.1) is 11.5 Å². The van der Waals surface area contributed by atoms with Crippen molar-refractivity contribution in [2.75, 3.05) is 13.6 Å². The van der Waals surface area contributed by atoms with Crippen molar-refractivity contribution in [3.05, 3.63) is 69.8 Å². The number of carbonyl (C=O) groups is 2. The number of non-ortho nitro benzene ring substituents is 1. The van der Waals surface area contributed by atoms with Crippen LogP contribution >= 0.6 is 0 Å². The Morgan fingerprint density at radius 1 is 1.21 bits per heavy atom. The van der Waals surface area contributed by atoms with Gasteiger partial charge < -0.3 is 15.0 Å². The van der Waals surface area contributed by atoms with Gasteiger partial charge in [0.15, 0.2) is 0 Å². The van der Waals surface area contributed by atoms with Crippen LogP contribution in [0.15, 0.2) is 48.5 Å². The molecule has 0 saturated carbocycles. The molecule has 0 atom stereocenters. The average molecular weight is 393 g/mol. The number of nitro benzene ring substituents is 1. The predicted molar refractivity (Wildman–Crippen MR) is 95.0 cm³/mol. The van der Waals surface area contributed by atoms with E-state index in [1.807, 2.05) is 0 Å². The molecule has 28 heavy (non-hydrogen) atoms. The summed E-state index contributed by atoms with van der Waals surface area (Å²) in [5.41, 5.74) is 0.525. The largest absolute Gasteiger partial charge is 0.435 e. The zero-order chi connectivity index (χ0) is 20.7. The Bertz CT molecular complexity index is 859. The molecule has 2 aromatic rings. The van der Waals surface area contributed by atoms with Gasteiger partial charge in [-0.1, -0.05) is 18.2 Å². The summed E-state index contributed by atoms with van der Waals surface area (Å²) in [5.74, 6) is -0.998. The van der Waals surface area contributed by atoms with Gasteiger partial charge in [-0.15, -0.1) is 0 Å². The minimum absolute atomic E-state index is 0.0111. The molecular formula is C18H17F2N3O5. The molecule has 8 nitrogen and oxygen atoms in total. The van der Waals surface area contributed by atoms with Gasteiger partial charge in [0, 0.05) is 31.3 Å². The first kappa shape index (κ1) is 20.7. The summed E-state index contributed by atoms with van der Waals surface area (Å²) < 4.78 is 28.5. The Hall–Kier alpha value is -3.56. The summed E-state index contributed by atoms with van der Waals surface area (Å²) in [5, 5.41) is 13.2. The van der Waals surface area contributed by atoms with E-state index in [2.05, 4.69) is 10.1 Å². The van der Waals surface area contributed by atoms with Crippen molar-refractivity contribution in [3.63, 3.8) is 0 Å². The van der Waals surface area contributed by atoms with E-state index in [9.17, 15) is 28.5 Å². The van der Waals surface area contributed by atoms with Crippen LogP contribution in [-0.4, -0.2) is 41.8 Å². The van der Waals surface area contributed by atoms with E-state index < -0.39 is 23.3 Å². The predicted octanol–water partition coefficient (Wildman–Crippen LogP) is 2.58. The van der Waals surface area contributed by atoms with Crippen LogP contribution in [0.3, 0.4) is 0 Å². The van der Waals surface area contributed by atoms with Crippen LogP contribution in [0.5, 0.6) is 5.75 Å². The number of halogens is 2. The molecule has 0 radical (unpaired) electrons. The maximum atomic E-state index is 12.1. The molecule has 0 heterocycles. The molecule has 0 aromatic heterocycles. The van der Waals surface area contributed by atoms with Crippen molar-refractivity contribution in [1.82, 2.24) is 10.2 Å². The Kier molecular flexibility index (Phi) is 6.96. The van der Waals surface area contributed by atoms with Crippen molar-refractivity contribution in [1.29, 1.82) is 0 Å². The van der Waals surface area contributed by atoms with E-state index >= 15 is 0 Å². The third-order valence-electron chi connectivity index (χ3n) is 3.71. The fourth-order valence-electron chi connectivity index (χ4n) is 2.29. The average Bonchev–Trinajstić information content (AvgIpc) is 2.66. The lowest BCUT2D eigenvalue weighted by molar-refractivity contribution is -0.384. The number of nitro groups is 1. The van der Waals surface area contributed by atoms with Crippen LogP contribution in [0.2, 0.25) is 0 Å². The maximum absolute atomic E-state index is 12.1. The van der Waals surface area contributed by atoms with Gasteiger partial charge in [0.2, 0.25) is 5.91 Å². The quantitative estimate of drug-likeness (QED) is 0.549. The number of carbonyl (C=O) groups excluding carboxylic acids is 2. The molecule has 10 heteroatoms. The van der Waals surface area contributed by atoms with Gasteiger partial charge in [-0.3, -0.25) is 19.7 Å². The number of amides is 2. The Morgan fingerprint density at radius 2 is 1.89 bits per heavy atom. The highest BCUT2D eigenvalue weighted by atomic mass is 19.3. The van der Waals surface area contributed by atoms with Gasteiger partial charge >= 0.3 is 6.61 Å². The van der Waals surface area contributed by atoms with Crippen molar-refractivity contribution in [3.8, 4) is 5.75 Å². The van der Waals surface area contributed by atoms with Gasteiger partial charge in [0.25, 0.3) is 11.6 Å². The van der Waals surface area contributed by atoms with Gasteiger partial charge in [0.1, 0.15) is 5.75 Å². The highest BCUT2D eigenvalue weighted by molar-refractivity contribution is 5.96. The minimum Gasteiger partial charge on any atom is -0.435 e. The molecule has 0 aliphatic carbocycles. The molecule has 1 N–H and O–H groups in total. The lowest BCUT2D eigenvalue weighted by atomic mass is 10.2. The monoisotopic (exact) mass is 393 g/mol. The standard InChI is InChI=1S/C18H17F2N3O5/c1-22(11-12-5-7-15(8-6-12)28-18(19)20)16(24)10-21-17(25)13-3-2-4-14(9-13)23(26)27/h2-9,18H,10-11H2,1H3,(H,21,25). The van der Waals surface area contributed by atoms with Crippen LogP contribution < -0.4 is 10.1 Å². The third kappa shape index (κ3) is 6.01. The molecule has 0 unspecified atom stereocenters. The number of ether oxygens (including phenoxy) is 1. The van der Waals surface area contributed by atoms with E-state index in [0.29, 0.717) is 5.56 Å². The van der Waals surface area contributed by atoms with Crippen LogP contribution in [0.1, 0.15) is 15.9 Å². The molecule has 0 aliphatic rings. The number of nitrogens with one attached hydrogen (secondary N) is 1. The van der Waals surface area contributed by atoms with E-state index in [1.54, 1.807) is 12.1 Å². The van der Waals surface area contributed by atoms with Crippen LogP contribution in [-0.2, 0) is 11.3 Å². The van der Waals surface area contributed by atoms with E-state index in [0.717, 1.165) is 6.07 Å². The summed E-state index contributed by atoms with van der Waals surface area (Å²) in [4.78, 5) is 35.7. The molecule has 0 aliphatic heterocycles. The van der Waals surface area contributed by atoms with Crippen molar-refractivity contribution < 1.29 is 28.0 Å². The maximum Gasteiger partial charge on any atom is 0.387 e. The lowest BCUT2D eigenvalue weighted by Gasteiger charge is -2.18. The summed E-state index contributed by atoms with van der Waals surface area (Å²) in [6.45, 7) is -3.02. The second-order valence-electron chi connectivity index (χ2n) is 5.76. The molecule has 0 spiro atoms. The fraction of sp³-hybridized carbons (Fsp3) is 0.222. The first-order chi connectivity index (χ1) is 13.3. The van der Waals surface area contributed by atoms with Crippen molar-refractivity contribution in [2.45, 2.75) is 13.2 Å². The zero-order valence-electron chi connectivity index (χ0n) is 14.8. The smallest absolute Gasteiger partial charge is 0.387 e. The van der Waals surface area contributed by atoms with Gasteiger partial charge in [-0.05, 0) is 23.8 Å². The molecule has 148 valence electrons. The van der Waals surface area contributed by atoms with Gasteiger partial charge in [-0.2, -0.15) is 8.78 Å². The first-order valence-corrected chi connectivity index (χ1v) is 8.06. The lowest BCUT2D eigenvalue weighted by Crippen LogP contribution is -2.37. The summed E-state index contributed by atoms with van der Waals surface area (Å²) in [6.07, 6.45) is 0. The number of hydrogen-bond acceptors (Lipinski definition) is 5. The van der Waals surface area contributed by atoms with Crippen LogP contribution in [0.25, 0.3) is 0 Å². The van der Waals surface area contributed by atoms with E-state index in [4.69, 9.17) is 0 Å². The number of hydrogen-bond donors (Lipinski definition) is 1. The van der Waals surface area contributed by atoms with Crippen molar-refractivity contribution >= 4 is 17.5 Å². The molecule has 2 rings (SSSR count). The second kappa shape index (κ2) is 9.40. The molecule has 0 saturated heterocycles. The third-order valence-corrected chi connectivity index (χ3v) is 3.71. The minimum atomic E-state index is -2.91. The second-order valence-corrected chi connectivity index (χ2v) is 5.76. The number of alkyl halides is 2. The van der Waals surface area contributed by atoms with E-state index in [-0.39, 0.29) is 30.1 Å². The van der Waals surface area contributed by atoms with Crippen LogP contribution in [0.4, 0.5) is 14.5 Å². The topological polar surface area (TPSA) is 102 Å². The Labute approximate surface area is 158 Å². The molecule has 0 fully saturated rings. The first-order valence-electron chi connectivity index (χ1n) is 8.06.